The summed E-state index contributed by atoms with van der Waals surface area (Å²) >= 11 is 0. The van der Waals surface area contributed by atoms with Crippen LogP contribution in [0.1, 0.15) is 24.0 Å². The Labute approximate surface area is 185 Å². The molecule has 2 fully saturated rings. The van der Waals surface area contributed by atoms with E-state index >= 15 is 0 Å². The average Bonchev–Trinajstić information content (AvgIpc) is 2.81. The van der Waals surface area contributed by atoms with E-state index in [1.54, 1.807) is 6.07 Å². The number of piperidine rings is 1. The first-order valence-electron chi connectivity index (χ1n) is 11.0. The molecule has 7 heteroatoms. The highest BCUT2D eigenvalue weighted by Crippen LogP contribution is 2.28. The standard InChI is InChI=1S/C24H31N3O3S/c1-19-10-11-20(2)23(17-19)31(29,30)27-12-6-7-21(18-27)24(28)26-15-13-25(14-16-26)22-8-4-3-5-9-22/h3-5,8-11,17,21H,6-7,12-16,18H2,1-2H3. The van der Waals surface area contributed by atoms with Crippen LogP contribution in [0, 0.1) is 19.8 Å². The summed E-state index contributed by atoms with van der Waals surface area (Å²) in [6.07, 6.45) is 1.46. The molecule has 6 nitrogen and oxygen atoms in total. The van der Waals surface area contributed by atoms with Crippen LogP contribution in [0.3, 0.4) is 0 Å². The minimum Gasteiger partial charge on any atom is -0.368 e. The molecule has 31 heavy (non-hydrogen) atoms. The summed E-state index contributed by atoms with van der Waals surface area (Å²) in [5.74, 6) is -0.175. The van der Waals surface area contributed by atoms with Gasteiger partial charge in [-0.05, 0) is 56.0 Å². The second kappa shape index (κ2) is 9.01. The van der Waals surface area contributed by atoms with Gasteiger partial charge in [-0.15, -0.1) is 0 Å². The van der Waals surface area contributed by atoms with Crippen LogP contribution in [0.2, 0.25) is 0 Å². The van der Waals surface area contributed by atoms with Crippen molar-refractivity contribution in [2.75, 3.05) is 44.2 Å². The average molecular weight is 442 g/mol. The third kappa shape index (κ3) is 4.62. The molecule has 0 aliphatic carbocycles. The fourth-order valence-corrected chi connectivity index (χ4v) is 6.40. The van der Waals surface area contributed by atoms with Crippen LogP contribution < -0.4 is 4.90 Å². The van der Waals surface area contributed by atoms with Crippen molar-refractivity contribution < 1.29 is 13.2 Å². The molecule has 166 valence electrons. The van der Waals surface area contributed by atoms with E-state index in [0.717, 1.165) is 30.6 Å². The number of rotatable bonds is 4. The molecule has 1 unspecified atom stereocenters. The molecule has 0 N–H and O–H groups in total. The van der Waals surface area contributed by atoms with Gasteiger partial charge in [0.25, 0.3) is 0 Å². The number of carbonyl (C=O) groups excluding carboxylic acids is 1. The van der Waals surface area contributed by atoms with E-state index in [4.69, 9.17) is 0 Å². The number of nitrogens with zero attached hydrogens (tertiary/aromatic N) is 3. The molecule has 2 aromatic carbocycles. The van der Waals surface area contributed by atoms with Crippen LogP contribution >= 0.6 is 0 Å². The van der Waals surface area contributed by atoms with Gasteiger partial charge in [-0.3, -0.25) is 4.79 Å². The fraction of sp³-hybridized carbons (Fsp3) is 0.458. The first kappa shape index (κ1) is 21.8. The lowest BCUT2D eigenvalue weighted by Crippen LogP contribution is -2.53. The first-order valence-corrected chi connectivity index (χ1v) is 12.5. The van der Waals surface area contributed by atoms with Crippen molar-refractivity contribution in [1.82, 2.24) is 9.21 Å². The molecule has 2 aliphatic heterocycles. The zero-order valence-corrected chi connectivity index (χ0v) is 19.1. The van der Waals surface area contributed by atoms with Crippen molar-refractivity contribution in [3.05, 3.63) is 59.7 Å². The van der Waals surface area contributed by atoms with Gasteiger partial charge in [-0.2, -0.15) is 4.31 Å². The molecule has 2 aromatic rings. The third-order valence-corrected chi connectivity index (χ3v) is 8.41. The summed E-state index contributed by atoms with van der Waals surface area (Å²) in [5, 5.41) is 0. The summed E-state index contributed by atoms with van der Waals surface area (Å²) in [5.41, 5.74) is 2.85. The van der Waals surface area contributed by atoms with Crippen LogP contribution in [0.4, 0.5) is 5.69 Å². The highest BCUT2D eigenvalue weighted by Gasteiger charge is 2.36. The van der Waals surface area contributed by atoms with Gasteiger partial charge in [-0.1, -0.05) is 30.3 Å². The van der Waals surface area contributed by atoms with Gasteiger partial charge in [0.05, 0.1) is 10.8 Å². The van der Waals surface area contributed by atoms with Crippen molar-refractivity contribution in [1.29, 1.82) is 0 Å². The largest absolute Gasteiger partial charge is 0.368 e. The fourth-order valence-electron chi connectivity index (χ4n) is 4.57. The van der Waals surface area contributed by atoms with Crippen molar-refractivity contribution in [3.63, 3.8) is 0 Å². The zero-order valence-electron chi connectivity index (χ0n) is 18.3. The molecule has 4 rings (SSSR count). The first-order chi connectivity index (χ1) is 14.9. The number of piperazine rings is 1. The lowest BCUT2D eigenvalue weighted by Gasteiger charge is -2.39. The van der Waals surface area contributed by atoms with Gasteiger partial charge >= 0.3 is 0 Å². The smallest absolute Gasteiger partial charge is 0.243 e. The van der Waals surface area contributed by atoms with Crippen LogP contribution in [-0.2, 0) is 14.8 Å². The number of amides is 1. The number of anilines is 1. The molecule has 0 spiro atoms. The van der Waals surface area contributed by atoms with Gasteiger partial charge in [0.15, 0.2) is 0 Å². The van der Waals surface area contributed by atoms with Crippen molar-refractivity contribution in [2.45, 2.75) is 31.6 Å². The predicted octanol–water partition coefficient (Wildman–Crippen LogP) is 3.05. The van der Waals surface area contributed by atoms with E-state index in [1.165, 1.54) is 9.99 Å². The molecule has 0 aromatic heterocycles. The summed E-state index contributed by atoms with van der Waals surface area (Å²) in [4.78, 5) is 17.8. The Morgan fingerprint density at radius 3 is 2.35 bits per heavy atom. The Bertz CT molecular complexity index is 1030. The summed E-state index contributed by atoms with van der Waals surface area (Å²) in [6, 6.07) is 15.7. The minimum atomic E-state index is -3.60. The Kier molecular flexibility index (Phi) is 6.34. The number of sulfonamides is 1. The Balaban J connectivity index is 1.42. The molecular weight excluding hydrogens is 410 g/mol. The Hall–Kier alpha value is -2.38. The van der Waals surface area contributed by atoms with E-state index in [2.05, 4.69) is 17.0 Å². The van der Waals surface area contributed by atoms with E-state index < -0.39 is 10.0 Å². The quantitative estimate of drug-likeness (QED) is 0.732. The molecule has 0 bridgehead atoms. The zero-order chi connectivity index (χ0) is 22.0. The van der Waals surface area contributed by atoms with Crippen LogP contribution in [-0.4, -0.2) is 62.8 Å². The van der Waals surface area contributed by atoms with Gasteiger partial charge in [-0.25, -0.2) is 8.42 Å². The Morgan fingerprint density at radius 1 is 0.935 bits per heavy atom. The number of hydrogen-bond acceptors (Lipinski definition) is 4. The van der Waals surface area contributed by atoms with Crippen molar-refractivity contribution in [3.8, 4) is 0 Å². The van der Waals surface area contributed by atoms with Gasteiger partial charge < -0.3 is 9.80 Å². The summed E-state index contributed by atoms with van der Waals surface area (Å²) in [7, 11) is -3.60. The van der Waals surface area contributed by atoms with E-state index in [-0.39, 0.29) is 18.4 Å². The molecule has 2 heterocycles. The molecule has 0 radical (unpaired) electrons. The molecule has 2 aliphatic rings. The minimum absolute atomic E-state index is 0.0913. The van der Waals surface area contributed by atoms with E-state index in [9.17, 15) is 13.2 Å². The van der Waals surface area contributed by atoms with Crippen LogP contribution in [0.25, 0.3) is 0 Å². The molecular formula is C24H31N3O3S. The van der Waals surface area contributed by atoms with E-state index in [1.807, 2.05) is 49.1 Å². The summed E-state index contributed by atoms with van der Waals surface area (Å²) in [6.45, 7) is 7.41. The Morgan fingerprint density at radius 2 is 1.65 bits per heavy atom. The lowest BCUT2D eigenvalue weighted by molar-refractivity contribution is -0.137. The third-order valence-electron chi connectivity index (χ3n) is 6.41. The second-order valence-electron chi connectivity index (χ2n) is 8.62. The van der Waals surface area contributed by atoms with Crippen molar-refractivity contribution >= 4 is 21.6 Å². The number of aryl methyl sites for hydroxylation is 2. The topological polar surface area (TPSA) is 60.9 Å². The highest BCUT2D eigenvalue weighted by atomic mass is 32.2. The maximum Gasteiger partial charge on any atom is 0.243 e. The van der Waals surface area contributed by atoms with Gasteiger partial charge in [0, 0.05) is 45.0 Å². The number of para-hydroxylation sites is 1. The van der Waals surface area contributed by atoms with Gasteiger partial charge in [0.2, 0.25) is 15.9 Å². The monoisotopic (exact) mass is 441 g/mol. The number of benzene rings is 2. The molecule has 0 saturated carbocycles. The molecule has 1 atom stereocenters. The molecule has 2 saturated heterocycles. The van der Waals surface area contributed by atoms with Crippen molar-refractivity contribution in [2.24, 2.45) is 5.92 Å². The summed E-state index contributed by atoms with van der Waals surface area (Å²) < 4.78 is 28.1. The maximum atomic E-state index is 13.3. The van der Waals surface area contributed by atoms with E-state index in [0.29, 0.717) is 31.0 Å². The van der Waals surface area contributed by atoms with Crippen LogP contribution in [0.15, 0.2) is 53.4 Å². The van der Waals surface area contributed by atoms with Crippen LogP contribution in [0.5, 0.6) is 0 Å². The normalized spacial score (nSPS) is 20.6. The highest BCUT2D eigenvalue weighted by molar-refractivity contribution is 7.89. The number of carbonyl (C=O) groups is 1. The van der Waals surface area contributed by atoms with Gasteiger partial charge in [0.1, 0.15) is 0 Å². The predicted molar refractivity (Wildman–Crippen MR) is 123 cm³/mol. The maximum absolute atomic E-state index is 13.3. The SMILES string of the molecule is Cc1ccc(C)c(S(=O)(=O)N2CCCC(C(=O)N3CCN(c4ccccc4)CC3)C2)c1. The molecule has 1 amide bonds. The lowest BCUT2D eigenvalue weighted by atomic mass is 9.97. The number of hydrogen-bond donors (Lipinski definition) is 0. The second-order valence-corrected chi connectivity index (χ2v) is 10.5.